The van der Waals surface area contributed by atoms with Gasteiger partial charge in [0.2, 0.25) is 5.75 Å². The average Bonchev–Trinajstić information content (AvgIpc) is 2.72. The van der Waals surface area contributed by atoms with Gasteiger partial charge in [0.25, 0.3) is 5.56 Å². The van der Waals surface area contributed by atoms with Crippen molar-refractivity contribution in [3.8, 4) is 11.5 Å². The van der Waals surface area contributed by atoms with Gasteiger partial charge in [-0.05, 0) is 64.3 Å². The number of nitrogens with two attached hydrogens (primary N) is 1. The second-order valence-electron chi connectivity index (χ2n) is 8.39. The summed E-state index contributed by atoms with van der Waals surface area (Å²) in [6, 6.07) is 5.52. The van der Waals surface area contributed by atoms with Gasteiger partial charge in [-0.25, -0.2) is 0 Å². The highest BCUT2D eigenvalue weighted by atomic mass is 16.5. The number of benzene rings is 1. The van der Waals surface area contributed by atoms with E-state index in [0.29, 0.717) is 24.7 Å². The average molecular weight is 427 g/mol. The third-order valence-electron chi connectivity index (χ3n) is 5.33. The Kier molecular flexibility index (Phi) is 9.70. The van der Waals surface area contributed by atoms with E-state index >= 15 is 0 Å². The van der Waals surface area contributed by atoms with Crippen LogP contribution in [0.3, 0.4) is 0 Å². The number of ether oxygens (including phenoxy) is 2. The molecule has 1 heterocycles. The molecular formula is C26H38N2O3. The third-order valence-corrected chi connectivity index (χ3v) is 5.33. The number of nitrogens with zero attached hydrogens (tertiary/aromatic N) is 1. The first-order valence-corrected chi connectivity index (χ1v) is 11.3. The lowest BCUT2D eigenvalue weighted by molar-refractivity contribution is 0.273. The van der Waals surface area contributed by atoms with Gasteiger partial charge in [0.1, 0.15) is 6.61 Å². The fourth-order valence-corrected chi connectivity index (χ4v) is 3.43. The molecule has 2 N–H and O–H groups in total. The van der Waals surface area contributed by atoms with Gasteiger partial charge in [0.15, 0.2) is 5.75 Å². The van der Waals surface area contributed by atoms with Crippen LogP contribution in [-0.4, -0.2) is 17.8 Å². The first-order valence-electron chi connectivity index (χ1n) is 11.3. The summed E-state index contributed by atoms with van der Waals surface area (Å²) in [6.07, 6.45) is 10.6. The summed E-state index contributed by atoms with van der Waals surface area (Å²) in [5.74, 6) is 0.786. The van der Waals surface area contributed by atoms with Gasteiger partial charge in [-0.3, -0.25) is 4.79 Å². The van der Waals surface area contributed by atoms with Crippen LogP contribution >= 0.6 is 0 Å². The molecule has 170 valence electrons. The van der Waals surface area contributed by atoms with Crippen LogP contribution in [0.25, 0.3) is 10.9 Å². The van der Waals surface area contributed by atoms with E-state index in [-0.39, 0.29) is 11.3 Å². The molecule has 2 rings (SSSR count). The van der Waals surface area contributed by atoms with Gasteiger partial charge in [-0.2, -0.15) is 0 Å². The largest absolute Gasteiger partial charge is 0.485 e. The minimum Gasteiger partial charge on any atom is -0.485 e. The Morgan fingerprint density at radius 3 is 2.55 bits per heavy atom. The monoisotopic (exact) mass is 426 g/mol. The number of aryl methyl sites for hydroxylation is 1. The molecule has 1 aromatic carbocycles. The third kappa shape index (κ3) is 7.20. The molecule has 0 spiro atoms. The Morgan fingerprint density at radius 1 is 1.06 bits per heavy atom. The van der Waals surface area contributed by atoms with E-state index in [1.807, 2.05) is 12.1 Å². The lowest BCUT2D eigenvalue weighted by Crippen LogP contribution is -2.21. The Morgan fingerprint density at radius 2 is 1.84 bits per heavy atom. The number of anilines is 1. The molecule has 0 aliphatic heterocycles. The number of aromatic nitrogens is 1. The second-order valence-corrected chi connectivity index (χ2v) is 8.39. The Hall–Kier alpha value is -2.69. The number of fused-ring (bicyclic) bond motifs is 1. The molecule has 0 fully saturated rings. The van der Waals surface area contributed by atoms with Crippen LogP contribution in [0.1, 0.15) is 66.2 Å². The zero-order chi connectivity index (χ0) is 22.8. The van der Waals surface area contributed by atoms with Crippen molar-refractivity contribution in [2.24, 2.45) is 7.05 Å². The van der Waals surface area contributed by atoms with Crippen molar-refractivity contribution in [1.82, 2.24) is 4.57 Å². The van der Waals surface area contributed by atoms with Crippen molar-refractivity contribution in [3.05, 3.63) is 51.9 Å². The van der Waals surface area contributed by atoms with Gasteiger partial charge in [-0.15, -0.1) is 0 Å². The zero-order valence-corrected chi connectivity index (χ0v) is 19.8. The maximum absolute atomic E-state index is 13.0. The van der Waals surface area contributed by atoms with Crippen LogP contribution in [0.15, 0.2) is 46.3 Å². The molecule has 0 saturated heterocycles. The number of rotatable bonds is 12. The maximum atomic E-state index is 13.0. The molecule has 31 heavy (non-hydrogen) atoms. The summed E-state index contributed by atoms with van der Waals surface area (Å²) in [7, 11) is 1.74. The van der Waals surface area contributed by atoms with Gasteiger partial charge in [0, 0.05) is 18.1 Å². The molecule has 5 nitrogen and oxygen atoms in total. The SMILES string of the molecule is CCCCCCOc1c(OCC=C(C)CCC=C(C)C)c2ccc(N)cc2n(C)c1=O. The summed E-state index contributed by atoms with van der Waals surface area (Å²) in [6.45, 7) is 9.39. The smallest absolute Gasteiger partial charge is 0.297 e. The molecule has 2 aromatic rings. The molecule has 0 radical (unpaired) electrons. The van der Waals surface area contributed by atoms with Crippen LogP contribution in [-0.2, 0) is 7.05 Å². The first-order chi connectivity index (χ1) is 14.8. The predicted octanol–water partition coefficient (Wildman–Crippen LogP) is 6.15. The topological polar surface area (TPSA) is 66.5 Å². The van der Waals surface area contributed by atoms with E-state index in [0.717, 1.165) is 43.0 Å². The van der Waals surface area contributed by atoms with Crippen molar-refractivity contribution in [2.45, 2.75) is 66.2 Å². The molecule has 0 saturated carbocycles. The summed E-state index contributed by atoms with van der Waals surface area (Å²) in [4.78, 5) is 13.0. The van der Waals surface area contributed by atoms with Crippen LogP contribution in [0.4, 0.5) is 5.69 Å². The molecule has 0 unspecified atom stereocenters. The van der Waals surface area contributed by atoms with E-state index in [1.54, 1.807) is 17.7 Å². The summed E-state index contributed by atoms with van der Waals surface area (Å²) in [5, 5.41) is 0.829. The number of nitrogen functional groups attached to an aromatic ring is 1. The summed E-state index contributed by atoms with van der Waals surface area (Å²) >= 11 is 0. The van der Waals surface area contributed by atoms with Gasteiger partial charge in [0.05, 0.1) is 12.1 Å². The number of hydrogen-bond donors (Lipinski definition) is 1. The van der Waals surface area contributed by atoms with Crippen LogP contribution in [0.5, 0.6) is 11.5 Å². The molecule has 1 aromatic heterocycles. The maximum Gasteiger partial charge on any atom is 0.297 e. The van der Waals surface area contributed by atoms with Crippen molar-refractivity contribution < 1.29 is 9.47 Å². The minimum atomic E-state index is -0.201. The fourth-order valence-electron chi connectivity index (χ4n) is 3.43. The Labute approximate surface area is 186 Å². The van der Waals surface area contributed by atoms with Crippen LogP contribution in [0.2, 0.25) is 0 Å². The highest BCUT2D eigenvalue weighted by Gasteiger charge is 2.18. The van der Waals surface area contributed by atoms with E-state index in [4.69, 9.17) is 15.2 Å². The van der Waals surface area contributed by atoms with Gasteiger partial charge >= 0.3 is 0 Å². The summed E-state index contributed by atoms with van der Waals surface area (Å²) < 4.78 is 13.7. The van der Waals surface area contributed by atoms with E-state index < -0.39 is 0 Å². The standard InChI is InChI=1S/C26H38N2O3/c1-6-7-8-9-16-30-25-24(31-17-15-20(4)12-10-11-19(2)3)22-14-13-21(27)18-23(22)28(5)26(25)29/h11,13-15,18H,6-10,12,16-17,27H2,1-5H3. The normalized spacial score (nSPS) is 11.6. The van der Waals surface area contributed by atoms with E-state index in [9.17, 15) is 4.79 Å². The first kappa shape index (κ1) is 24.6. The van der Waals surface area contributed by atoms with Crippen LogP contribution in [0, 0.1) is 0 Å². The zero-order valence-electron chi connectivity index (χ0n) is 19.8. The number of hydrogen-bond acceptors (Lipinski definition) is 4. The Balaban J connectivity index is 2.28. The van der Waals surface area contributed by atoms with E-state index in [1.165, 1.54) is 17.6 Å². The number of pyridine rings is 1. The predicted molar refractivity (Wildman–Crippen MR) is 131 cm³/mol. The molecule has 0 aliphatic carbocycles. The summed E-state index contributed by atoms with van der Waals surface area (Å²) in [5.41, 5.74) is 9.70. The molecule has 0 bridgehead atoms. The molecule has 5 heteroatoms. The van der Waals surface area contributed by atoms with Crippen molar-refractivity contribution in [3.63, 3.8) is 0 Å². The number of allylic oxidation sites excluding steroid dienone is 3. The van der Waals surface area contributed by atoms with Crippen molar-refractivity contribution in [2.75, 3.05) is 18.9 Å². The number of unbranched alkanes of at least 4 members (excludes halogenated alkanes) is 3. The molecular weight excluding hydrogens is 388 g/mol. The van der Waals surface area contributed by atoms with E-state index in [2.05, 4.69) is 39.8 Å². The Bertz CT molecular complexity index is 982. The fraction of sp³-hybridized carbons (Fsp3) is 0.500. The van der Waals surface area contributed by atoms with Gasteiger partial charge in [-0.1, -0.05) is 43.4 Å². The highest BCUT2D eigenvalue weighted by Crippen LogP contribution is 2.33. The lowest BCUT2D eigenvalue weighted by Gasteiger charge is -2.17. The molecule has 0 aliphatic rings. The lowest BCUT2D eigenvalue weighted by atomic mass is 10.1. The second kappa shape index (κ2) is 12.2. The van der Waals surface area contributed by atoms with Crippen molar-refractivity contribution >= 4 is 16.6 Å². The molecule has 0 amide bonds. The molecule has 0 atom stereocenters. The van der Waals surface area contributed by atoms with Gasteiger partial charge < -0.3 is 19.8 Å². The minimum absolute atomic E-state index is 0.201. The highest BCUT2D eigenvalue weighted by molar-refractivity contribution is 5.90. The van der Waals surface area contributed by atoms with Crippen molar-refractivity contribution in [1.29, 1.82) is 0 Å². The quantitative estimate of drug-likeness (QED) is 0.251. The van der Waals surface area contributed by atoms with Crippen LogP contribution < -0.4 is 20.8 Å².